The molecule has 29 heavy (non-hydrogen) atoms. The Kier molecular flexibility index (Phi) is 11.2. The summed E-state index contributed by atoms with van der Waals surface area (Å²) < 4.78 is 14.3. The second-order valence-corrected chi connectivity index (χ2v) is 6.98. The molecule has 0 aromatic carbocycles. The molecule has 2 rings (SSSR count). The number of allylic oxidation sites excluding steroid dienone is 4. The van der Waals surface area contributed by atoms with Crippen molar-refractivity contribution in [1.29, 1.82) is 0 Å². The SMILES string of the molecule is C=C(Cl)/C=C\C=C(/F)C1CCNC1C(=O)Nc1cccc(Cl)n1.CCNC(C)=O. The first kappa shape index (κ1) is 24.8. The van der Waals surface area contributed by atoms with E-state index in [4.69, 9.17) is 23.2 Å². The lowest BCUT2D eigenvalue weighted by Crippen LogP contribution is -2.40. The summed E-state index contributed by atoms with van der Waals surface area (Å²) in [5.74, 6) is -0.905. The van der Waals surface area contributed by atoms with Gasteiger partial charge in [0.25, 0.3) is 0 Å². The molecular weight excluding hydrogens is 418 g/mol. The van der Waals surface area contributed by atoms with E-state index in [1.54, 1.807) is 18.2 Å². The van der Waals surface area contributed by atoms with Crippen LogP contribution < -0.4 is 16.0 Å². The zero-order valence-electron chi connectivity index (χ0n) is 16.3. The van der Waals surface area contributed by atoms with E-state index in [0.29, 0.717) is 23.8 Å². The molecule has 0 spiro atoms. The summed E-state index contributed by atoms with van der Waals surface area (Å²) >= 11 is 11.4. The molecule has 2 amide bonds. The molecule has 1 aromatic heterocycles. The number of anilines is 1. The summed E-state index contributed by atoms with van der Waals surface area (Å²) in [7, 11) is 0. The van der Waals surface area contributed by atoms with Crippen LogP contribution in [0.4, 0.5) is 10.2 Å². The molecule has 0 radical (unpaired) electrons. The zero-order valence-corrected chi connectivity index (χ0v) is 17.9. The lowest BCUT2D eigenvalue weighted by Gasteiger charge is -2.17. The Hall–Kier alpha value is -2.22. The minimum atomic E-state index is -0.667. The number of pyridine rings is 1. The highest BCUT2D eigenvalue weighted by Gasteiger charge is 2.35. The van der Waals surface area contributed by atoms with E-state index in [-0.39, 0.29) is 22.8 Å². The van der Waals surface area contributed by atoms with Crippen molar-refractivity contribution in [2.45, 2.75) is 26.3 Å². The molecule has 2 heterocycles. The first-order valence-electron chi connectivity index (χ1n) is 9.04. The molecule has 1 aliphatic rings. The van der Waals surface area contributed by atoms with Gasteiger partial charge in [-0.05, 0) is 44.2 Å². The molecular formula is C20H25Cl2FN4O2. The van der Waals surface area contributed by atoms with Crippen molar-refractivity contribution in [2.24, 2.45) is 5.92 Å². The van der Waals surface area contributed by atoms with E-state index in [2.05, 4.69) is 27.5 Å². The van der Waals surface area contributed by atoms with Gasteiger partial charge < -0.3 is 16.0 Å². The average molecular weight is 443 g/mol. The lowest BCUT2D eigenvalue weighted by molar-refractivity contribution is -0.119. The number of nitrogens with one attached hydrogen (secondary N) is 3. The summed E-state index contributed by atoms with van der Waals surface area (Å²) in [4.78, 5) is 26.2. The van der Waals surface area contributed by atoms with Crippen molar-refractivity contribution in [2.75, 3.05) is 18.4 Å². The number of hydrogen-bond acceptors (Lipinski definition) is 4. The van der Waals surface area contributed by atoms with Crippen molar-refractivity contribution >= 4 is 40.8 Å². The Morgan fingerprint density at radius 3 is 2.72 bits per heavy atom. The number of halogens is 3. The zero-order chi connectivity index (χ0) is 21.8. The van der Waals surface area contributed by atoms with E-state index < -0.39 is 12.0 Å². The molecule has 1 aliphatic heterocycles. The molecule has 0 bridgehead atoms. The molecule has 158 valence electrons. The Morgan fingerprint density at radius 1 is 1.45 bits per heavy atom. The van der Waals surface area contributed by atoms with Gasteiger partial charge in [-0.25, -0.2) is 9.37 Å². The van der Waals surface area contributed by atoms with Crippen molar-refractivity contribution in [1.82, 2.24) is 15.6 Å². The number of carbonyl (C=O) groups is 2. The van der Waals surface area contributed by atoms with E-state index in [1.807, 2.05) is 6.92 Å². The lowest BCUT2D eigenvalue weighted by atomic mass is 9.98. The first-order valence-corrected chi connectivity index (χ1v) is 9.79. The third-order valence-corrected chi connectivity index (χ3v) is 4.12. The average Bonchev–Trinajstić information content (AvgIpc) is 3.12. The predicted octanol–water partition coefficient (Wildman–Crippen LogP) is 3.96. The van der Waals surface area contributed by atoms with Crippen LogP contribution >= 0.6 is 23.2 Å². The van der Waals surface area contributed by atoms with Crippen molar-refractivity contribution < 1.29 is 14.0 Å². The fourth-order valence-electron chi connectivity index (χ4n) is 2.57. The largest absolute Gasteiger partial charge is 0.357 e. The summed E-state index contributed by atoms with van der Waals surface area (Å²) in [5, 5.41) is 8.79. The maximum absolute atomic E-state index is 14.3. The second-order valence-electron chi connectivity index (χ2n) is 6.11. The maximum atomic E-state index is 14.3. The summed E-state index contributed by atoms with van der Waals surface area (Å²) in [6.45, 7) is 8.16. The third-order valence-electron chi connectivity index (χ3n) is 3.78. The number of rotatable bonds is 6. The highest BCUT2D eigenvalue weighted by Crippen LogP contribution is 2.26. The summed E-state index contributed by atoms with van der Waals surface area (Å²) in [6.07, 6.45) is 4.77. The second kappa shape index (κ2) is 13.1. The van der Waals surface area contributed by atoms with Gasteiger partial charge in [-0.1, -0.05) is 41.9 Å². The molecule has 1 fully saturated rings. The topological polar surface area (TPSA) is 83.1 Å². The van der Waals surface area contributed by atoms with Crippen molar-refractivity contribution in [3.63, 3.8) is 0 Å². The van der Waals surface area contributed by atoms with E-state index in [1.165, 1.54) is 25.2 Å². The number of amides is 2. The van der Waals surface area contributed by atoms with Gasteiger partial charge in [0.05, 0.1) is 6.04 Å². The highest BCUT2D eigenvalue weighted by atomic mass is 35.5. The molecule has 0 saturated carbocycles. The minimum Gasteiger partial charge on any atom is -0.357 e. The Balaban J connectivity index is 0.000000612. The van der Waals surface area contributed by atoms with Gasteiger partial charge in [0, 0.05) is 24.4 Å². The molecule has 0 aliphatic carbocycles. The Bertz CT molecular complexity index is 783. The maximum Gasteiger partial charge on any atom is 0.243 e. The third kappa shape index (κ3) is 9.69. The quantitative estimate of drug-likeness (QED) is 0.459. The molecule has 1 saturated heterocycles. The predicted molar refractivity (Wildman–Crippen MR) is 115 cm³/mol. The van der Waals surface area contributed by atoms with Gasteiger partial charge in [-0.3, -0.25) is 9.59 Å². The summed E-state index contributed by atoms with van der Waals surface area (Å²) in [5.41, 5.74) is 0. The van der Waals surface area contributed by atoms with Gasteiger partial charge in [0.1, 0.15) is 16.8 Å². The van der Waals surface area contributed by atoms with E-state index in [9.17, 15) is 14.0 Å². The molecule has 3 N–H and O–H groups in total. The van der Waals surface area contributed by atoms with Gasteiger partial charge in [-0.2, -0.15) is 0 Å². The van der Waals surface area contributed by atoms with Crippen LogP contribution in [0.3, 0.4) is 0 Å². The fraction of sp³-hybridized carbons (Fsp3) is 0.350. The monoisotopic (exact) mass is 442 g/mol. The molecule has 1 aromatic rings. The normalized spacial score (nSPS) is 18.7. The molecule has 6 nitrogen and oxygen atoms in total. The number of nitrogens with zero attached hydrogens (tertiary/aromatic N) is 1. The van der Waals surface area contributed by atoms with Crippen molar-refractivity contribution in [3.05, 3.63) is 59.0 Å². The number of carbonyl (C=O) groups excluding carboxylic acids is 2. The van der Waals surface area contributed by atoms with Gasteiger partial charge in [-0.15, -0.1) is 0 Å². The smallest absolute Gasteiger partial charge is 0.243 e. The van der Waals surface area contributed by atoms with Crippen LogP contribution in [0, 0.1) is 5.92 Å². The van der Waals surface area contributed by atoms with Crippen LogP contribution in [0.15, 0.2) is 53.9 Å². The highest BCUT2D eigenvalue weighted by molar-refractivity contribution is 6.30. The number of hydrogen-bond donors (Lipinski definition) is 3. The van der Waals surface area contributed by atoms with Gasteiger partial charge in [0.15, 0.2) is 0 Å². The number of aromatic nitrogens is 1. The van der Waals surface area contributed by atoms with E-state index >= 15 is 0 Å². The molecule has 2 unspecified atom stereocenters. The molecule has 2 atom stereocenters. The molecule has 9 heteroatoms. The Labute approximate surface area is 180 Å². The van der Waals surface area contributed by atoms with Crippen LogP contribution in [0.5, 0.6) is 0 Å². The fourth-order valence-corrected chi connectivity index (χ4v) is 2.81. The van der Waals surface area contributed by atoms with E-state index in [0.717, 1.165) is 6.54 Å². The van der Waals surface area contributed by atoms with Crippen molar-refractivity contribution in [3.8, 4) is 0 Å². The first-order chi connectivity index (χ1) is 13.7. The van der Waals surface area contributed by atoms with Crippen LogP contribution in [0.2, 0.25) is 5.15 Å². The van der Waals surface area contributed by atoms with Crippen LogP contribution in [0.25, 0.3) is 0 Å². The van der Waals surface area contributed by atoms with Gasteiger partial charge >= 0.3 is 0 Å². The Morgan fingerprint density at radius 2 is 2.17 bits per heavy atom. The van der Waals surface area contributed by atoms with Crippen LogP contribution in [-0.4, -0.2) is 35.9 Å². The standard InChI is InChI=1S/C16H16Cl2FN3O.C4H9NO/c1-10(17)4-2-5-12(19)11-8-9-20-15(11)16(23)22-14-7-3-6-13(18)21-14;1-3-5-4(2)6/h2-7,11,15,20H,1,8-9H2,(H,21,22,23);3H2,1-2H3,(H,5,6)/b4-2-,12-5-;. The van der Waals surface area contributed by atoms with Gasteiger partial charge in [0.2, 0.25) is 11.8 Å². The summed E-state index contributed by atoms with van der Waals surface area (Å²) in [6, 6.07) is 4.23. The van der Waals surface area contributed by atoms with Crippen LogP contribution in [0.1, 0.15) is 20.3 Å². The minimum absolute atomic E-state index is 0.0394. The van der Waals surface area contributed by atoms with Crippen LogP contribution in [-0.2, 0) is 9.59 Å².